The number of amides is 1. The Balaban J connectivity index is 1.65. The fourth-order valence-corrected chi connectivity index (χ4v) is 2.55. The lowest BCUT2D eigenvalue weighted by Crippen LogP contribution is -2.31. The second-order valence-corrected chi connectivity index (χ2v) is 5.62. The van der Waals surface area contributed by atoms with Crippen LogP contribution in [0.3, 0.4) is 0 Å². The first-order valence-electron chi connectivity index (χ1n) is 7.82. The summed E-state index contributed by atoms with van der Waals surface area (Å²) in [5, 5.41) is 0. The Bertz CT molecular complexity index is 738. The van der Waals surface area contributed by atoms with Crippen molar-refractivity contribution in [2.24, 2.45) is 0 Å². The number of carbonyl (C=O) groups excluding carboxylic acids is 1. The lowest BCUT2D eigenvalue weighted by atomic mass is 10.3. The molecule has 3 rings (SSSR count). The summed E-state index contributed by atoms with van der Waals surface area (Å²) in [6.45, 7) is 4.50. The van der Waals surface area contributed by atoms with Gasteiger partial charge in [-0.1, -0.05) is 6.92 Å². The zero-order valence-electron chi connectivity index (χ0n) is 13.6. The Morgan fingerprint density at radius 1 is 1.33 bits per heavy atom. The van der Waals surface area contributed by atoms with E-state index in [0.717, 1.165) is 5.69 Å². The molecule has 0 unspecified atom stereocenters. The van der Waals surface area contributed by atoms with Crippen LogP contribution in [0.2, 0.25) is 0 Å². The van der Waals surface area contributed by atoms with E-state index in [1.54, 1.807) is 11.1 Å². The van der Waals surface area contributed by atoms with Gasteiger partial charge in [0.1, 0.15) is 18.1 Å². The van der Waals surface area contributed by atoms with Gasteiger partial charge in [0.2, 0.25) is 5.82 Å². The summed E-state index contributed by atoms with van der Waals surface area (Å²) in [4.78, 5) is 29.9. The highest BCUT2D eigenvalue weighted by Crippen LogP contribution is 2.21. The van der Waals surface area contributed by atoms with Crippen molar-refractivity contribution in [3.8, 4) is 5.88 Å². The van der Waals surface area contributed by atoms with Crippen LogP contribution in [0.5, 0.6) is 5.88 Å². The predicted octanol–water partition coefficient (Wildman–Crippen LogP) is 1.57. The molecule has 24 heavy (non-hydrogen) atoms. The zero-order chi connectivity index (χ0) is 17.1. The molecular formula is C16H18FN5O2. The molecule has 2 aromatic heterocycles. The number of ether oxygens (including phenoxy) is 1. The largest absolute Gasteiger partial charge is 0.470 e. The fourth-order valence-electron chi connectivity index (χ4n) is 2.55. The maximum atomic E-state index is 14.1. The molecule has 0 N–H and O–H groups in total. The smallest absolute Gasteiger partial charge is 0.274 e. The first-order valence-corrected chi connectivity index (χ1v) is 7.82. The van der Waals surface area contributed by atoms with Gasteiger partial charge in [-0.2, -0.15) is 9.37 Å². The third-order valence-corrected chi connectivity index (χ3v) is 3.88. The predicted molar refractivity (Wildman–Crippen MR) is 83.1 cm³/mol. The fraction of sp³-hybridized carbons (Fsp3) is 0.438. The third kappa shape index (κ3) is 3.32. The molecule has 8 heteroatoms. The molecule has 0 aromatic carbocycles. The van der Waals surface area contributed by atoms with Crippen LogP contribution in [-0.4, -0.2) is 49.9 Å². The standard InChI is InChI=1S/C16H18FN5O2/c1-3-12-14(17)15(21-9-20-12)24-11-4-5-22(8-11)16(23)13-7-18-10(2)6-19-13/h6-7,9,11H,3-5,8H2,1-2H3/t11-/m1/s1. The highest BCUT2D eigenvalue weighted by atomic mass is 19.1. The number of aromatic nitrogens is 4. The van der Waals surface area contributed by atoms with Crippen molar-refractivity contribution >= 4 is 5.91 Å². The molecular weight excluding hydrogens is 313 g/mol. The molecule has 126 valence electrons. The van der Waals surface area contributed by atoms with Gasteiger partial charge in [0, 0.05) is 19.2 Å². The topological polar surface area (TPSA) is 81.1 Å². The lowest BCUT2D eigenvalue weighted by molar-refractivity contribution is 0.0763. The SMILES string of the molecule is CCc1ncnc(O[C@@H]2CCN(C(=O)c3cnc(C)cn3)C2)c1F. The van der Waals surface area contributed by atoms with Crippen molar-refractivity contribution in [3.63, 3.8) is 0 Å². The molecule has 2 aromatic rings. The summed E-state index contributed by atoms with van der Waals surface area (Å²) in [5.74, 6) is -0.795. The molecule has 0 spiro atoms. The summed E-state index contributed by atoms with van der Waals surface area (Å²) in [6, 6.07) is 0. The number of nitrogens with zero attached hydrogens (tertiary/aromatic N) is 5. The molecule has 1 aliphatic rings. The van der Waals surface area contributed by atoms with Crippen LogP contribution < -0.4 is 4.74 Å². The average Bonchev–Trinajstić information content (AvgIpc) is 3.05. The Kier molecular flexibility index (Phi) is 4.64. The van der Waals surface area contributed by atoms with E-state index in [9.17, 15) is 9.18 Å². The molecule has 1 amide bonds. The Hall–Kier alpha value is -2.64. The van der Waals surface area contributed by atoms with Gasteiger partial charge in [-0.3, -0.25) is 9.78 Å². The third-order valence-electron chi connectivity index (χ3n) is 3.88. The highest BCUT2D eigenvalue weighted by Gasteiger charge is 2.30. The number of rotatable bonds is 4. The van der Waals surface area contributed by atoms with Crippen LogP contribution in [0.4, 0.5) is 4.39 Å². The van der Waals surface area contributed by atoms with Crippen molar-refractivity contribution in [1.82, 2.24) is 24.8 Å². The van der Waals surface area contributed by atoms with Gasteiger partial charge in [-0.05, 0) is 13.3 Å². The summed E-state index contributed by atoms with van der Waals surface area (Å²) < 4.78 is 19.8. The molecule has 0 saturated carbocycles. The Labute approximate surface area is 138 Å². The minimum absolute atomic E-state index is 0.0590. The van der Waals surface area contributed by atoms with Crippen LogP contribution in [0.15, 0.2) is 18.7 Å². The summed E-state index contributed by atoms with van der Waals surface area (Å²) >= 11 is 0. The Morgan fingerprint density at radius 3 is 2.88 bits per heavy atom. The van der Waals surface area contributed by atoms with Gasteiger partial charge >= 0.3 is 0 Å². The molecule has 0 aliphatic carbocycles. The average molecular weight is 331 g/mol. The van der Waals surface area contributed by atoms with Crippen molar-refractivity contribution < 1.29 is 13.9 Å². The number of halogens is 1. The Morgan fingerprint density at radius 2 is 2.17 bits per heavy atom. The molecule has 1 saturated heterocycles. The number of hydrogen-bond acceptors (Lipinski definition) is 6. The minimum Gasteiger partial charge on any atom is -0.470 e. The molecule has 1 atom stereocenters. The number of aryl methyl sites for hydroxylation is 2. The lowest BCUT2D eigenvalue weighted by Gasteiger charge is -2.16. The summed E-state index contributed by atoms with van der Waals surface area (Å²) in [5.41, 5.74) is 1.36. The van der Waals surface area contributed by atoms with Crippen LogP contribution in [0, 0.1) is 12.7 Å². The first-order chi connectivity index (χ1) is 11.6. The van der Waals surface area contributed by atoms with Gasteiger partial charge < -0.3 is 9.64 Å². The molecule has 0 bridgehead atoms. The quantitative estimate of drug-likeness (QED) is 0.846. The van der Waals surface area contributed by atoms with Gasteiger partial charge in [0.05, 0.1) is 24.1 Å². The van der Waals surface area contributed by atoms with Crippen LogP contribution in [0.25, 0.3) is 0 Å². The van der Waals surface area contributed by atoms with Crippen LogP contribution in [0.1, 0.15) is 35.2 Å². The van der Waals surface area contributed by atoms with E-state index in [4.69, 9.17) is 4.74 Å². The van der Waals surface area contributed by atoms with Crippen molar-refractivity contribution in [3.05, 3.63) is 41.6 Å². The van der Waals surface area contributed by atoms with Gasteiger partial charge in [-0.15, -0.1) is 0 Å². The molecule has 7 nitrogen and oxygen atoms in total. The van der Waals surface area contributed by atoms with Crippen molar-refractivity contribution in [2.75, 3.05) is 13.1 Å². The number of likely N-dealkylation sites (tertiary alicyclic amines) is 1. The zero-order valence-corrected chi connectivity index (χ0v) is 13.6. The van der Waals surface area contributed by atoms with Gasteiger partial charge in [0.25, 0.3) is 11.8 Å². The second kappa shape index (κ2) is 6.86. The number of carbonyl (C=O) groups is 1. The van der Waals surface area contributed by atoms with Gasteiger partial charge in [0.15, 0.2) is 0 Å². The second-order valence-electron chi connectivity index (χ2n) is 5.62. The summed E-state index contributed by atoms with van der Waals surface area (Å²) in [6.07, 6.45) is 5.07. The normalized spacial score (nSPS) is 17.1. The van der Waals surface area contributed by atoms with Crippen LogP contribution in [-0.2, 0) is 6.42 Å². The first kappa shape index (κ1) is 16.2. The highest BCUT2D eigenvalue weighted by molar-refractivity contribution is 5.92. The van der Waals surface area contributed by atoms with Crippen molar-refractivity contribution in [1.29, 1.82) is 0 Å². The van der Waals surface area contributed by atoms with E-state index < -0.39 is 5.82 Å². The molecule has 3 heterocycles. The molecule has 0 radical (unpaired) electrons. The van der Waals surface area contributed by atoms with E-state index in [1.807, 2.05) is 13.8 Å². The maximum Gasteiger partial charge on any atom is 0.274 e. The minimum atomic E-state index is -0.533. The van der Waals surface area contributed by atoms with Gasteiger partial charge in [-0.25, -0.2) is 9.97 Å². The molecule has 1 aliphatic heterocycles. The summed E-state index contributed by atoms with van der Waals surface area (Å²) in [7, 11) is 0. The van der Waals surface area contributed by atoms with E-state index in [-0.39, 0.29) is 17.9 Å². The van der Waals surface area contributed by atoms with Crippen LogP contribution >= 0.6 is 0 Å². The van der Waals surface area contributed by atoms with Crippen molar-refractivity contribution in [2.45, 2.75) is 32.8 Å². The van der Waals surface area contributed by atoms with E-state index >= 15 is 0 Å². The van der Waals surface area contributed by atoms with E-state index in [1.165, 1.54) is 12.5 Å². The number of hydrogen-bond donors (Lipinski definition) is 0. The van der Waals surface area contributed by atoms with E-state index in [2.05, 4.69) is 19.9 Å². The van der Waals surface area contributed by atoms with E-state index in [0.29, 0.717) is 37.3 Å². The monoisotopic (exact) mass is 331 g/mol. The molecule has 1 fully saturated rings. The maximum absolute atomic E-state index is 14.1.